The Balaban J connectivity index is 1.44. The zero-order chi connectivity index (χ0) is 18.8. The zero-order valence-electron chi connectivity index (χ0n) is 15.2. The number of aromatic amines is 1. The van der Waals surface area contributed by atoms with E-state index in [4.69, 9.17) is 16.3 Å². The van der Waals surface area contributed by atoms with Crippen molar-refractivity contribution in [2.45, 2.75) is 13.0 Å². The van der Waals surface area contributed by atoms with Crippen LogP contribution in [0.25, 0.3) is 10.9 Å². The van der Waals surface area contributed by atoms with Gasteiger partial charge in [-0.3, -0.25) is 4.79 Å². The fraction of sp³-hybridized carbons (Fsp3) is 0.286. The molecule has 0 aliphatic carbocycles. The molecule has 1 atom stereocenters. The number of amides is 1. The van der Waals surface area contributed by atoms with Crippen molar-refractivity contribution < 1.29 is 9.53 Å². The van der Waals surface area contributed by atoms with Crippen molar-refractivity contribution in [1.82, 2.24) is 10.3 Å². The van der Waals surface area contributed by atoms with Gasteiger partial charge in [0.05, 0.1) is 19.3 Å². The molecule has 0 saturated carbocycles. The highest BCUT2D eigenvalue weighted by molar-refractivity contribution is 6.31. The van der Waals surface area contributed by atoms with E-state index in [1.54, 1.807) is 6.07 Å². The molecule has 140 valence electrons. The number of nitrogens with zero attached hydrogens (tertiary/aromatic N) is 1. The highest BCUT2D eigenvalue weighted by atomic mass is 35.5. The Labute approximate surface area is 163 Å². The number of H-pyrrole nitrogens is 1. The number of hydrogen-bond donors (Lipinski definition) is 2. The molecule has 1 saturated heterocycles. The summed E-state index contributed by atoms with van der Waals surface area (Å²) in [5, 5.41) is 4.63. The number of ether oxygens (including phenoxy) is 1. The molecule has 5 nitrogen and oxygen atoms in total. The summed E-state index contributed by atoms with van der Waals surface area (Å²) < 4.78 is 5.40. The SMILES string of the molecule is CC(NC(=O)c1cc2cc(Cl)ccc2[nH]1)c1ccc(N2CCOCC2)cc1. The molecule has 1 fully saturated rings. The van der Waals surface area contributed by atoms with E-state index in [0.717, 1.165) is 42.8 Å². The number of aromatic nitrogens is 1. The molecule has 4 rings (SSSR count). The van der Waals surface area contributed by atoms with Crippen LogP contribution < -0.4 is 10.2 Å². The first-order chi connectivity index (χ1) is 13.1. The quantitative estimate of drug-likeness (QED) is 0.711. The molecule has 1 aliphatic rings. The number of halogens is 1. The van der Waals surface area contributed by atoms with E-state index in [1.165, 1.54) is 5.69 Å². The van der Waals surface area contributed by atoms with Gasteiger partial charge >= 0.3 is 0 Å². The van der Waals surface area contributed by atoms with Crippen molar-refractivity contribution in [3.8, 4) is 0 Å². The standard InChI is InChI=1S/C21H22ClN3O2/c1-14(15-2-5-18(6-3-15)25-8-10-27-11-9-25)23-21(26)20-13-16-12-17(22)4-7-19(16)24-20/h2-7,12-14,24H,8-11H2,1H3,(H,23,26). The van der Waals surface area contributed by atoms with Crippen LogP contribution in [0.4, 0.5) is 5.69 Å². The van der Waals surface area contributed by atoms with Crippen molar-refractivity contribution in [2.24, 2.45) is 0 Å². The van der Waals surface area contributed by atoms with Crippen LogP contribution in [0.15, 0.2) is 48.5 Å². The van der Waals surface area contributed by atoms with Crippen molar-refractivity contribution in [1.29, 1.82) is 0 Å². The maximum atomic E-state index is 12.6. The first kappa shape index (κ1) is 17.9. The molecule has 2 aromatic carbocycles. The Morgan fingerprint density at radius 1 is 1.15 bits per heavy atom. The van der Waals surface area contributed by atoms with E-state index in [2.05, 4.69) is 39.5 Å². The van der Waals surface area contributed by atoms with Crippen LogP contribution in [-0.2, 0) is 4.74 Å². The predicted molar refractivity (Wildman–Crippen MR) is 109 cm³/mol. The van der Waals surface area contributed by atoms with Gasteiger partial charge in [-0.05, 0) is 48.9 Å². The van der Waals surface area contributed by atoms with E-state index >= 15 is 0 Å². The number of morpholine rings is 1. The number of anilines is 1. The largest absolute Gasteiger partial charge is 0.378 e. The molecule has 1 unspecified atom stereocenters. The number of hydrogen-bond acceptors (Lipinski definition) is 3. The third-order valence-electron chi connectivity index (χ3n) is 4.94. The van der Waals surface area contributed by atoms with E-state index in [1.807, 2.05) is 25.1 Å². The zero-order valence-corrected chi connectivity index (χ0v) is 15.9. The Morgan fingerprint density at radius 3 is 2.63 bits per heavy atom. The van der Waals surface area contributed by atoms with E-state index < -0.39 is 0 Å². The lowest BCUT2D eigenvalue weighted by atomic mass is 10.1. The molecule has 1 amide bonds. The lowest BCUT2D eigenvalue weighted by Crippen LogP contribution is -2.36. The minimum atomic E-state index is -0.132. The van der Waals surface area contributed by atoms with Crippen LogP contribution in [0.1, 0.15) is 29.0 Å². The maximum absolute atomic E-state index is 12.6. The van der Waals surface area contributed by atoms with Crippen molar-refractivity contribution in [2.75, 3.05) is 31.2 Å². The summed E-state index contributed by atoms with van der Waals surface area (Å²) in [4.78, 5) is 18.1. The molecule has 0 bridgehead atoms. The van der Waals surface area contributed by atoms with E-state index in [-0.39, 0.29) is 11.9 Å². The second kappa shape index (κ2) is 7.62. The summed E-state index contributed by atoms with van der Waals surface area (Å²) in [6.07, 6.45) is 0. The van der Waals surface area contributed by atoms with Crippen LogP contribution in [0.2, 0.25) is 5.02 Å². The van der Waals surface area contributed by atoms with Gasteiger partial charge in [0.25, 0.3) is 5.91 Å². The number of carbonyl (C=O) groups is 1. The normalized spacial score (nSPS) is 15.7. The minimum Gasteiger partial charge on any atom is -0.378 e. The van der Waals surface area contributed by atoms with Crippen LogP contribution in [0.5, 0.6) is 0 Å². The molecule has 1 aliphatic heterocycles. The Hall–Kier alpha value is -2.50. The molecular weight excluding hydrogens is 362 g/mol. The minimum absolute atomic E-state index is 0.0914. The number of nitrogens with one attached hydrogen (secondary N) is 2. The van der Waals surface area contributed by atoms with Gasteiger partial charge in [0.1, 0.15) is 5.69 Å². The Kier molecular flexibility index (Phi) is 5.05. The average Bonchev–Trinajstić information content (AvgIpc) is 3.12. The Bertz CT molecular complexity index is 946. The molecule has 0 spiro atoms. The molecule has 27 heavy (non-hydrogen) atoms. The van der Waals surface area contributed by atoms with Gasteiger partial charge in [-0.1, -0.05) is 23.7 Å². The molecule has 3 aromatic rings. The topological polar surface area (TPSA) is 57.4 Å². The van der Waals surface area contributed by atoms with Gasteiger partial charge in [-0.15, -0.1) is 0 Å². The van der Waals surface area contributed by atoms with Crippen molar-refractivity contribution in [3.05, 3.63) is 64.8 Å². The fourth-order valence-corrected chi connectivity index (χ4v) is 3.56. The van der Waals surface area contributed by atoms with Gasteiger partial charge in [-0.25, -0.2) is 0 Å². The third-order valence-corrected chi connectivity index (χ3v) is 5.18. The summed E-state index contributed by atoms with van der Waals surface area (Å²) in [7, 11) is 0. The molecular formula is C21H22ClN3O2. The Morgan fingerprint density at radius 2 is 1.89 bits per heavy atom. The van der Waals surface area contributed by atoms with Gasteiger partial charge in [0, 0.05) is 34.7 Å². The van der Waals surface area contributed by atoms with E-state index in [9.17, 15) is 4.79 Å². The van der Waals surface area contributed by atoms with Crippen LogP contribution in [-0.4, -0.2) is 37.2 Å². The lowest BCUT2D eigenvalue weighted by Gasteiger charge is -2.29. The second-order valence-corrected chi connectivity index (χ2v) is 7.24. The molecule has 2 heterocycles. The number of benzene rings is 2. The van der Waals surface area contributed by atoms with Gasteiger partial charge < -0.3 is 19.9 Å². The fourth-order valence-electron chi connectivity index (χ4n) is 3.38. The lowest BCUT2D eigenvalue weighted by molar-refractivity contribution is 0.0935. The maximum Gasteiger partial charge on any atom is 0.268 e. The third kappa shape index (κ3) is 3.94. The molecule has 6 heteroatoms. The summed E-state index contributed by atoms with van der Waals surface area (Å²) in [6.45, 7) is 5.35. The average molecular weight is 384 g/mol. The predicted octanol–water partition coefficient (Wildman–Crippen LogP) is 4.15. The smallest absolute Gasteiger partial charge is 0.268 e. The van der Waals surface area contributed by atoms with Gasteiger partial charge in [0.15, 0.2) is 0 Å². The summed E-state index contributed by atoms with van der Waals surface area (Å²) >= 11 is 6.02. The van der Waals surface area contributed by atoms with Crippen LogP contribution >= 0.6 is 11.6 Å². The first-order valence-electron chi connectivity index (χ1n) is 9.12. The second-order valence-electron chi connectivity index (χ2n) is 6.80. The molecule has 2 N–H and O–H groups in total. The van der Waals surface area contributed by atoms with Gasteiger partial charge in [0.2, 0.25) is 0 Å². The monoisotopic (exact) mass is 383 g/mol. The summed E-state index contributed by atoms with van der Waals surface area (Å²) in [6, 6.07) is 15.6. The molecule has 1 aromatic heterocycles. The van der Waals surface area contributed by atoms with Crippen molar-refractivity contribution in [3.63, 3.8) is 0 Å². The number of rotatable bonds is 4. The highest BCUT2D eigenvalue weighted by Gasteiger charge is 2.15. The van der Waals surface area contributed by atoms with E-state index in [0.29, 0.717) is 10.7 Å². The van der Waals surface area contributed by atoms with Crippen LogP contribution in [0.3, 0.4) is 0 Å². The van der Waals surface area contributed by atoms with Gasteiger partial charge in [-0.2, -0.15) is 0 Å². The number of fused-ring (bicyclic) bond motifs is 1. The number of carbonyl (C=O) groups excluding carboxylic acids is 1. The molecule has 0 radical (unpaired) electrons. The van der Waals surface area contributed by atoms with Crippen LogP contribution in [0, 0.1) is 0 Å². The summed E-state index contributed by atoms with van der Waals surface area (Å²) in [5.41, 5.74) is 3.68. The van der Waals surface area contributed by atoms with Crippen molar-refractivity contribution >= 4 is 34.1 Å². The highest BCUT2D eigenvalue weighted by Crippen LogP contribution is 2.22. The first-order valence-corrected chi connectivity index (χ1v) is 9.50. The summed E-state index contributed by atoms with van der Waals surface area (Å²) in [5.74, 6) is -0.132.